The zero-order valence-electron chi connectivity index (χ0n) is 8.18. The van der Waals surface area contributed by atoms with Gasteiger partial charge in [0, 0.05) is 19.3 Å². The average Bonchev–Trinajstić information content (AvgIpc) is 2.08. The van der Waals surface area contributed by atoms with E-state index < -0.39 is 17.9 Å². The van der Waals surface area contributed by atoms with Crippen LogP contribution in [-0.2, 0) is 14.4 Å². The normalized spacial score (nSPS) is 9.56. The Morgan fingerprint density at radius 3 is 1.44 bits per heavy atom. The summed E-state index contributed by atoms with van der Waals surface area (Å²) in [5, 5.41) is 25.3. The SMILES string of the molecule is O=C(O)CCC(CCC(=O)O)CC(=O)O.[NaH]. The molecule has 0 aromatic heterocycles. The zero-order chi connectivity index (χ0) is 11.8. The van der Waals surface area contributed by atoms with E-state index in [0.717, 1.165) is 0 Å². The third kappa shape index (κ3) is 11.5. The van der Waals surface area contributed by atoms with Crippen LogP contribution < -0.4 is 0 Å². The Morgan fingerprint density at radius 1 is 0.812 bits per heavy atom. The molecule has 0 radical (unpaired) electrons. The van der Waals surface area contributed by atoms with E-state index in [0.29, 0.717) is 0 Å². The van der Waals surface area contributed by atoms with Crippen LogP contribution in [0.2, 0.25) is 0 Å². The van der Waals surface area contributed by atoms with Crippen molar-refractivity contribution < 1.29 is 29.7 Å². The van der Waals surface area contributed by atoms with Gasteiger partial charge < -0.3 is 15.3 Å². The minimum atomic E-state index is -1.03. The molecule has 7 heteroatoms. The van der Waals surface area contributed by atoms with Gasteiger partial charge in [0.25, 0.3) is 0 Å². The summed E-state index contributed by atoms with van der Waals surface area (Å²) >= 11 is 0. The van der Waals surface area contributed by atoms with Crippen molar-refractivity contribution in [3.05, 3.63) is 0 Å². The molecule has 0 spiro atoms. The van der Waals surface area contributed by atoms with Gasteiger partial charge in [0.15, 0.2) is 0 Å². The predicted octanol–water partition coefficient (Wildman–Crippen LogP) is 0.158. The first-order valence-corrected chi connectivity index (χ1v) is 4.57. The quantitative estimate of drug-likeness (QED) is 0.522. The van der Waals surface area contributed by atoms with Crippen molar-refractivity contribution in [2.24, 2.45) is 5.92 Å². The van der Waals surface area contributed by atoms with Crippen molar-refractivity contribution in [3.63, 3.8) is 0 Å². The van der Waals surface area contributed by atoms with Crippen LogP contribution in [0.5, 0.6) is 0 Å². The van der Waals surface area contributed by atoms with E-state index in [2.05, 4.69) is 0 Å². The van der Waals surface area contributed by atoms with E-state index in [1.807, 2.05) is 0 Å². The molecule has 0 aliphatic rings. The maximum atomic E-state index is 10.4. The van der Waals surface area contributed by atoms with Crippen molar-refractivity contribution in [1.82, 2.24) is 0 Å². The average molecular weight is 242 g/mol. The zero-order valence-corrected chi connectivity index (χ0v) is 8.18. The van der Waals surface area contributed by atoms with Crippen LogP contribution in [0.15, 0.2) is 0 Å². The van der Waals surface area contributed by atoms with Gasteiger partial charge in [-0.15, -0.1) is 0 Å². The van der Waals surface area contributed by atoms with Gasteiger partial charge in [0.2, 0.25) is 0 Å². The van der Waals surface area contributed by atoms with Crippen molar-refractivity contribution in [3.8, 4) is 0 Å². The summed E-state index contributed by atoms with van der Waals surface area (Å²) in [6.07, 6.45) is -0.0283. The number of hydrogen-bond donors (Lipinski definition) is 3. The van der Waals surface area contributed by atoms with Crippen LogP contribution in [-0.4, -0.2) is 62.8 Å². The molecule has 0 aliphatic heterocycles. The van der Waals surface area contributed by atoms with Gasteiger partial charge in [0.1, 0.15) is 0 Å². The third-order valence-corrected chi connectivity index (χ3v) is 2.00. The molecule has 0 rings (SSSR count). The van der Waals surface area contributed by atoms with Crippen LogP contribution in [0.3, 0.4) is 0 Å². The number of carboxylic acids is 3. The second kappa shape index (κ2) is 9.62. The van der Waals surface area contributed by atoms with E-state index >= 15 is 0 Å². The summed E-state index contributed by atoms with van der Waals surface area (Å²) in [5.41, 5.74) is 0. The molecule has 0 saturated heterocycles. The number of hydrogen-bond acceptors (Lipinski definition) is 3. The van der Waals surface area contributed by atoms with E-state index in [4.69, 9.17) is 15.3 Å². The second-order valence-electron chi connectivity index (χ2n) is 3.33. The molecule has 0 aromatic carbocycles. The molecule has 16 heavy (non-hydrogen) atoms. The Kier molecular flexibility index (Phi) is 10.7. The fourth-order valence-corrected chi connectivity index (χ4v) is 1.25. The molecule has 0 heterocycles. The monoisotopic (exact) mass is 242 g/mol. The van der Waals surface area contributed by atoms with E-state index in [1.54, 1.807) is 0 Å². The van der Waals surface area contributed by atoms with Crippen molar-refractivity contribution in [2.75, 3.05) is 0 Å². The molecule has 0 amide bonds. The molecular formula is C9H15NaO6. The molecule has 0 atom stereocenters. The first-order chi connectivity index (χ1) is 6.91. The fraction of sp³-hybridized carbons (Fsp3) is 0.667. The van der Waals surface area contributed by atoms with E-state index in [1.165, 1.54) is 0 Å². The first kappa shape index (κ1) is 17.8. The second-order valence-corrected chi connectivity index (χ2v) is 3.33. The summed E-state index contributed by atoms with van der Waals surface area (Å²) in [4.78, 5) is 30.9. The summed E-state index contributed by atoms with van der Waals surface area (Å²) in [6.45, 7) is 0. The van der Waals surface area contributed by atoms with Crippen LogP contribution in [0, 0.1) is 5.92 Å². The number of aliphatic carboxylic acids is 3. The van der Waals surface area contributed by atoms with Crippen LogP contribution in [0.25, 0.3) is 0 Å². The van der Waals surface area contributed by atoms with Gasteiger partial charge in [-0.05, 0) is 18.8 Å². The Balaban J connectivity index is 0. The summed E-state index contributed by atoms with van der Waals surface area (Å²) in [5.74, 6) is -3.41. The summed E-state index contributed by atoms with van der Waals surface area (Å²) < 4.78 is 0. The Morgan fingerprint density at radius 2 is 1.19 bits per heavy atom. The first-order valence-electron chi connectivity index (χ1n) is 4.57. The van der Waals surface area contributed by atoms with Crippen LogP contribution in [0.4, 0.5) is 0 Å². The molecule has 0 aliphatic carbocycles. The predicted molar refractivity (Wildman–Crippen MR) is 56.6 cm³/mol. The van der Waals surface area contributed by atoms with Gasteiger partial charge in [-0.2, -0.15) is 0 Å². The van der Waals surface area contributed by atoms with Crippen molar-refractivity contribution in [1.29, 1.82) is 0 Å². The summed E-state index contributed by atoms with van der Waals surface area (Å²) in [7, 11) is 0. The van der Waals surface area contributed by atoms with E-state index in [-0.39, 0.29) is 67.6 Å². The van der Waals surface area contributed by atoms with Gasteiger partial charge >= 0.3 is 47.5 Å². The van der Waals surface area contributed by atoms with Crippen LogP contribution in [0.1, 0.15) is 32.1 Å². The Hall–Kier alpha value is -0.590. The molecule has 3 N–H and O–H groups in total. The van der Waals surface area contributed by atoms with Crippen LogP contribution >= 0.6 is 0 Å². The number of carbonyl (C=O) groups is 3. The third-order valence-electron chi connectivity index (χ3n) is 2.00. The fourth-order valence-electron chi connectivity index (χ4n) is 1.25. The molecule has 6 nitrogen and oxygen atoms in total. The molecule has 0 bridgehead atoms. The van der Waals surface area contributed by atoms with E-state index in [9.17, 15) is 14.4 Å². The molecule has 0 aromatic rings. The van der Waals surface area contributed by atoms with Gasteiger partial charge in [-0.25, -0.2) is 0 Å². The molecule has 0 saturated carbocycles. The Labute approximate surface area is 115 Å². The molecule has 88 valence electrons. The van der Waals surface area contributed by atoms with Gasteiger partial charge in [-0.1, -0.05) is 0 Å². The van der Waals surface area contributed by atoms with Crippen molar-refractivity contribution >= 4 is 47.5 Å². The number of rotatable bonds is 8. The minimum absolute atomic E-state index is 0. The standard InChI is InChI=1S/C9H14O6.Na.H/c10-7(11)3-1-6(5-9(14)15)2-4-8(12)13;;/h6H,1-5H2,(H,10,11)(H,12,13)(H,14,15);;. The van der Waals surface area contributed by atoms with Gasteiger partial charge in [0.05, 0.1) is 0 Å². The maximum absolute atomic E-state index is 10.4. The number of carboxylic acid groups (broad SMARTS) is 3. The summed E-state index contributed by atoms with van der Waals surface area (Å²) in [6, 6.07) is 0. The van der Waals surface area contributed by atoms with Gasteiger partial charge in [-0.3, -0.25) is 14.4 Å². The molecular weight excluding hydrogens is 227 g/mol. The Bertz CT molecular complexity index is 234. The molecule has 0 fully saturated rings. The van der Waals surface area contributed by atoms with Crippen molar-refractivity contribution in [2.45, 2.75) is 32.1 Å². The molecule has 0 unspecified atom stereocenters. The topological polar surface area (TPSA) is 112 Å².